The lowest BCUT2D eigenvalue weighted by Crippen LogP contribution is -2.32. The summed E-state index contributed by atoms with van der Waals surface area (Å²) in [4.78, 5) is 20.8. The van der Waals surface area contributed by atoms with Gasteiger partial charge in [-0.25, -0.2) is 18.4 Å². The maximum atomic E-state index is 12.9. The van der Waals surface area contributed by atoms with E-state index in [1.807, 2.05) is 6.92 Å². The van der Waals surface area contributed by atoms with E-state index in [-0.39, 0.29) is 22.8 Å². The number of sulfonamides is 1. The van der Waals surface area contributed by atoms with Gasteiger partial charge in [0, 0.05) is 19.8 Å². The van der Waals surface area contributed by atoms with Crippen molar-refractivity contribution in [2.24, 2.45) is 0 Å². The first kappa shape index (κ1) is 19.9. The zero-order valence-corrected chi connectivity index (χ0v) is 16.4. The molecule has 26 heavy (non-hydrogen) atoms. The highest BCUT2D eigenvalue weighted by Gasteiger charge is 2.27. The maximum absolute atomic E-state index is 12.9. The number of nitrogens with one attached hydrogen (secondary N) is 1. The highest BCUT2D eigenvalue weighted by molar-refractivity contribution is 7.98. The van der Waals surface area contributed by atoms with Crippen LogP contribution in [0.2, 0.25) is 0 Å². The molecular weight excluding hydrogens is 372 g/mol. The Balaban J connectivity index is 2.51. The van der Waals surface area contributed by atoms with E-state index in [2.05, 4.69) is 21.9 Å². The van der Waals surface area contributed by atoms with Crippen molar-refractivity contribution in [3.8, 4) is 0 Å². The van der Waals surface area contributed by atoms with Gasteiger partial charge in [0.2, 0.25) is 0 Å². The monoisotopic (exact) mass is 392 g/mol. The first-order valence-electron chi connectivity index (χ1n) is 7.67. The molecule has 0 fully saturated rings. The van der Waals surface area contributed by atoms with Crippen LogP contribution in [0, 0.1) is 6.92 Å². The van der Waals surface area contributed by atoms with Gasteiger partial charge >= 0.3 is 0 Å². The first-order chi connectivity index (χ1) is 12.3. The average Bonchev–Trinajstić information content (AvgIpc) is 2.65. The van der Waals surface area contributed by atoms with Gasteiger partial charge in [0.05, 0.1) is 4.90 Å². The molecule has 0 radical (unpaired) electrons. The molecule has 0 unspecified atom stereocenters. The van der Waals surface area contributed by atoms with Crippen molar-refractivity contribution in [1.82, 2.24) is 15.3 Å². The Hall–Kier alpha value is -2.39. The molecule has 1 heterocycles. The van der Waals surface area contributed by atoms with Crippen LogP contribution in [0.15, 0.2) is 53.2 Å². The summed E-state index contributed by atoms with van der Waals surface area (Å²) in [5.41, 5.74) is 1.02. The van der Waals surface area contributed by atoms with Crippen LogP contribution in [0.1, 0.15) is 15.9 Å². The van der Waals surface area contributed by atoms with Crippen LogP contribution in [-0.2, 0) is 10.0 Å². The molecule has 1 N–H and O–H groups in total. The number of nitrogens with zero attached hydrogens (tertiary/aromatic N) is 3. The molecule has 138 valence electrons. The number of aryl methyl sites for hydroxylation is 1. The van der Waals surface area contributed by atoms with Crippen molar-refractivity contribution in [2.45, 2.75) is 17.0 Å². The molecule has 1 aromatic heterocycles. The van der Waals surface area contributed by atoms with Crippen molar-refractivity contribution in [2.75, 3.05) is 24.2 Å². The van der Waals surface area contributed by atoms with E-state index >= 15 is 0 Å². The SMILES string of the molecule is C=CCNC(=O)c1cnc(SC)nc1N(C)S(=O)(=O)c1ccc(C)cc1. The number of hydrogen-bond acceptors (Lipinski definition) is 6. The van der Waals surface area contributed by atoms with E-state index in [0.717, 1.165) is 9.87 Å². The lowest BCUT2D eigenvalue weighted by molar-refractivity contribution is 0.0958. The Morgan fingerprint density at radius 3 is 2.58 bits per heavy atom. The van der Waals surface area contributed by atoms with Gasteiger partial charge in [0.1, 0.15) is 5.56 Å². The number of amides is 1. The van der Waals surface area contributed by atoms with E-state index in [1.54, 1.807) is 18.4 Å². The number of carbonyl (C=O) groups is 1. The third-order valence-electron chi connectivity index (χ3n) is 3.56. The summed E-state index contributed by atoms with van der Waals surface area (Å²) >= 11 is 1.26. The lowest BCUT2D eigenvalue weighted by Gasteiger charge is -2.21. The van der Waals surface area contributed by atoms with Crippen LogP contribution in [-0.4, -0.2) is 44.1 Å². The predicted molar refractivity (Wildman–Crippen MR) is 103 cm³/mol. The maximum Gasteiger partial charge on any atom is 0.265 e. The quantitative estimate of drug-likeness (QED) is 0.441. The van der Waals surface area contributed by atoms with E-state index in [9.17, 15) is 13.2 Å². The van der Waals surface area contributed by atoms with Crippen LogP contribution in [0.25, 0.3) is 0 Å². The molecule has 1 aromatic carbocycles. The van der Waals surface area contributed by atoms with Crippen LogP contribution >= 0.6 is 11.8 Å². The van der Waals surface area contributed by atoms with Gasteiger partial charge in [-0.05, 0) is 25.3 Å². The molecule has 0 aliphatic carbocycles. The Kier molecular flexibility index (Phi) is 6.38. The number of anilines is 1. The summed E-state index contributed by atoms with van der Waals surface area (Å²) in [6.45, 7) is 5.66. The molecule has 2 rings (SSSR count). The molecule has 2 aromatic rings. The molecule has 0 aliphatic heterocycles. The minimum atomic E-state index is -3.88. The number of rotatable bonds is 7. The Morgan fingerprint density at radius 1 is 1.35 bits per heavy atom. The predicted octanol–water partition coefficient (Wildman–Crippen LogP) is 2.25. The van der Waals surface area contributed by atoms with Crippen molar-refractivity contribution >= 4 is 33.5 Å². The largest absolute Gasteiger partial charge is 0.348 e. The van der Waals surface area contributed by atoms with E-state index in [4.69, 9.17) is 0 Å². The van der Waals surface area contributed by atoms with Crippen LogP contribution < -0.4 is 9.62 Å². The summed E-state index contributed by atoms with van der Waals surface area (Å²) < 4.78 is 26.9. The van der Waals surface area contributed by atoms with Crippen molar-refractivity contribution in [3.63, 3.8) is 0 Å². The minimum absolute atomic E-state index is 0.0199. The number of aromatic nitrogens is 2. The van der Waals surface area contributed by atoms with Crippen molar-refractivity contribution < 1.29 is 13.2 Å². The average molecular weight is 393 g/mol. The zero-order valence-electron chi connectivity index (χ0n) is 14.8. The highest BCUT2D eigenvalue weighted by Crippen LogP contribution is 2.25. The number of thioether (sulfide) groups is 1. The summed E-state index contributed by atoms with van der Waals surface area (Å²) in [5.74, 6) is -0.454. The van der Waals surface area contributed by atoms with Gasteiger partial charge in [0.25, 0.3) is 15.9 Å². The topological polar surface area (TPSA) is 92.3 Å². The second-order valence-corrected chi connectivity index (χ2v) is 8.12. The molecular formula is C17H20N4O3S2. The zero-order chi connectivity index (χ0) is 19.3. The second kappa shape index (κ2) is 8.33. The summed E-state index contributed by atoms with van der Waals surface area (Å²) in [6, 6.07) is 6.47. The molecule has 0 atom stereocenters. The Labute approximate surface area is 157 Å². The molecule has 0 saturated heterocycles. The summed E-state index contributed by atoms with van der Waals surface area (Å²) in [5, 5.41) is 2.98. The normalized spacial score (nSPS) is 11.0. The van der Waals surface area contributed by atoms with Crippen molar-refractivity contribution in [1.29, 1.82) is 0 Å². The fourth-order valence-corrected chi connectivity index (χ4v) is 3.60. The summed E-state index contributed by atoms with van der Waals surface area (Å²) in [6.07, 6.45) is 4.63. The number of carbonyl (C=O) groups excluding carboxylic acids is 1. The standard InChI is InChI=1S/C17H20N4O3S2/c1-5-10-18-16(22)14-11-19-17(25-4)20-15(14)21(3)26(23,24)13-8-6-12(2)7-9-13/h5-9,11H,1,10H2,2-4H3,(H,18,22). The van der Waals surface area contributed by atoms with Gasteiger partial charge < -0.3 is 5.32 Å². The fraction of sp³-hybridized carbons (Fsp3) is 0.235. The van der Waals surface area contributed by atoms with Crippen molar-refractivity contribution in [3.05, 3.63) is 54.2 Å². The fourth-order valence-electron chi connectivity index (χ4n) is 2.10. The number of benzene rings is 1. The molecule has 9 heteroatoms. The van der Waals surface area contributed by atoms with Gasteiger partial charge in [-0.3, -0.25) is 9.10 Å². The lowest BCUT2D eigenvalue weighted by atomic mass is 10.2. The van der Waals surface area contributed by atoms with Crippen LogP contribution in [0.3, 0.4) is 0 Å². The smallest absolute Gasteiger partial charge is 0.265 e. The second-order valence-electron chi connectivity index (χ2n) is 5.38. The molecule has 0 aliphatic rings. The van der Waals surface area contributed by atoms with Gasteiger partial charge in [-0.1, -0.05) is 35.5 Å². The molecule has 0 spiro atoms. The van der Waals surface area contributed by atoms with Crippen LogP contribution in [0.5, 0.6) is 0 Å². The highest BCUT2D eigenvalue weighted by atomic mass is 32.2. The molecule has 1 amide bonds. The third kappa shape index (κ3) is 4.23. The minimum Gasteiger partial charge on any atom is -0.348 e. The van der Waals surface area contributed by atoms with E-state index in [1.165, 1.54) is 43.2 Å². The van der Waals surface area contributed by atoms with E-state index in [0.29, 0.717) is 5.16 Å². The molecule has 7 nitrogen and oxygen atoms in total. The Morgan fingerprint density at radius 2 is 2.00 bits per heavy atom. The molecule has 0 saturated carbocycles. The van der Waals surface area contributed by atoms with Gasteiger partial charge in [-0.15, -0.1) is 6.58 Å². The van der Waals surface area contributed by atoms with Crippen LogP contribution in [0.4, 0.5) is 5.82 Å². The number of hydrogen-bond donors (Lipinski definition) is 1. The molecule has 0 bridgehead atoms. The van der Waals surface area contributed by atoms with E-state index < -0.39 is 15.9 Å². The summed E-state index contributed by atoms with van der Waals surface area (Å²) in [7, 11) is -2.51. The van der Waals surface area contributed by atoms with Gasteiger partial charge in [0.15, 0.2) is 11.0 Å². The Bertz CT molecular complexity index is 912. The van der Waals surface area contributed by atoms with Gasteiger partial charge in [-0.2, -0.15) is 0 Å². The first-order valence-corrected chi connectivity index (χ1v) is 10.3. The third-order valence-corrected chi connectivity index (χ3v) is 5.88.